The molecule has 1 heterocycles. The van der Waals surface area contributed by atoms with Crippen molar-refractivity contribution < 1.29 is 24.2 Å². The minimum atomic E-state index is -1.11. The molecule has 0 aliphatic heterocycles. The molecule has 1 aliphatic rings. The Bertz CT molecular complexity index is 1120. The topological polar surface area (TPSA) is 112 Å². The summed E-state index contributed by atoms with van der Waals surface area (Å²) in [5.41, 5.74) is 9.27. The van der Waals surface area contributed by atoms with Crippen LogP contribution in [0.1, 0.15) is 60.8 Å². The molecule has 1 aromatic heterocycles. The molecule has 3 N–H and O–H groups in total. The van der Waals surface area contributed by atoms with Gasteiger partial charge in [0.1, 0.15) is 5.75 Å². The summed E-state index contributed by atoms with van der Waals surface area (Å²) in [5.74, 6) is -2.59. The summed E-state index contributed by atoms with van der Waals surface area (Å²) in [5, 5.41) is 9.48. The number of carbonyl (C=O) groups is 3. The van der Waals surface area contributed by atoms with Crippen LogP contribution >= 0.6 is 0 Å². The molecule has 0 atom stereocenters. The Morgan fingerprint density at radius 1 is 1.03 bits per heavy atom. The zero-order chi connectivity index (χ0) is 25.3. The lowest BCUT2D eigenvalue weighted by atomic mass is 9.88. The van der Waals surface area contributed by atoms with Gasteiger partial charge in [0.05, 0.1) is 16.5 Å². The second-order valence-corrected chi connectivity index (χ2v) is 7.71. The predicted molar refractivity (Wildman–Crippen MR) is 133 cm³/mol. The van der Waals surface area contributed by atoms with Crippen LogP contribution in [-0.2, 0) is 35.9 Å². The van der Waals surface area contributed by atoms with Crippen molar-refractivity contribution in [1.29, 1.82) is 0 Å². The van der Waals surface area contributed by atoms with Crippen molar-refractivity contribution in [3.63, 3.8) is 0 Å². The fourth-order valence-electron chi connectivity index (χ4n) is 4.34. The highest BCUT2D eigenvalue weighted by atomic mass is 16.5. The Hall–Kier alpha value is -3.61. The van der Waals surface area contributed by atoms with Gasteiger partial charge in [-0.25, -0.2) is 4.79 Å². The smallest absolute Gasteiger partial charge is 0.341 e. The van der Waals surface area contributed by atoms with Crippen molar-refractivity contribution in [2.45, 2.75) is 52.9 Å². The number of carboxylic acid groups (broad SMARTS) is 1. The first-order chi connectivity index (χ1) is 16.4. The second-order valence-electron chi connectivity index (χ2n) is 7.71. The van der Waals surface area contributed by atoms with E-state index in [1.54, 1.807) is 0 Å². The maximum Gasteiger partial charge on any atom is 0.341 e. The van der Waals surface area contributed by atoms with Gasteiger partial charge in [-0.1, -0.05) is 57.2 Å². The molecule has 0 fully saturated rings. The van der Waals surface area contributed by atoms with E-state index in [1.165, 1.54) is 0 Å². The molecular weight excluding hydrogens is 432 g/mol. The van der Waals surface area contributed by atoms with Gasteiger partial charge in [0, 0.05) is 12.7 Å². The lowest BCUT2D eigenvalue weighted by molar-refractivity contribution is -0.139. The van der Waals surface area contributed by atoms with Gasteiger partial charge < -0.3 is 20.1 Å². The highest BCUT2D eigenvalue weighted by molar-refractivity contribution is 6.45. The van der Waals surface area contributed by atoms with Gasteiger partial charge in [0.25, 0.3) is 11.7 Å². The summed E-state index contributed by atoms with van der Waals surface area (Å²) >= 11 is 0. The molecule has 0 saturated carbocycles. The molecular formula is C27H34N2O5. The number of aryl methyl sites for hydroxylation is 3. The molecule has 7 heteroatoms. The van der Waals surface area contributed by atoms with Crippen molar-refractivity contribution in [3.8, 4) is 5.75 Å². The van der Waals surface area contributed by atoms with Gasteiger partial charge in [-0.3, -0.25) is 9.59 Å². The highest BCUT2D eigenvalue weighted by Gasteiger charge is 2.29. The Kier molecular flexibility index (Phi) is 9.86. The maximum atomic E-state index is 12.6. The molecule has 182 valence electrons. The molecule has 4 rings (SSSR count). The van der Waals surface area contributed by atoms with Gasteiger partial charge in [-0.2, -0.15) is 0 Å². The van der Waals surface area contributed by atoms with Gasteiger partial charge >= 0.3 is 5.97 Å². The van der Waals surface area contributed by atoms with Crippen LogP contribution in [0.15, 0.2) is 42.5 Å². The lowest BCUT2D eigenvalue weighted by Crippen LogP contribution is -2.24. The zero-order valence-electron chi connectivity index (χ0n) is 20.4. The van der Waals surface area contributed by atoms with Crippen LogP contribution in [-0.4, -0.2) is 33.9 Å². The van der Waals surface area contributed by atoms with Crippen molar-refractivity contribution in [2.75, 3.05) is 6.61 Å². The number of hydrogen-bond donors (Lipinski definition) is 2. The van der Waals surface area contributed by atoms with Gasteiger partial charge in [-0.05, 0) is 49.3 Å². The molecule has 7 nitrogen and oxygen atoms in total. The summed E-state index contributed by atoms with van der Waals surface area (Å²) in [6, 6.07) is 13.8. The van der Waals surface area contributed by atoms with Crippen LogP contribution in [0.2, 0.25) is 0 Å². The standard InChI is InChI=1S/C19H22N2O5.C6H6.C2H6/c1-3-12-15(18(24)19(20)25)16-13(26-9-14(22)23)8-10-6-4-5-7-11(10)17(16)21(12)2;1-2-4-6-5-3-1;1-2/h8H,3-7,9H2,1-2H3,(H2,20,25)(H,22,23);1-6H;1-2H3. The molecule has 0 unspecified atom stereocenters. The number of hydrogen-bond acceptors (Lipinski definition) is 4. The van der Waals surface area contributed by atoms with Gasteiger partial charge in [0.2, 0.25) is 0 Å². The number of ketones is 1. The van der Waals surface area contributed by atoms with E-state index in [9.17, 15) is 14.4 Å². The number of nitrogens with zero attached hydrogens (tertiary/aromatic N) is 1. The average molecular weight is 467 g/mol. The molecule has 1 amide bonds. The van der Waals surface area contributed by atoms with E-state index < -0.39 is 24.3 Å². The van der Waals surface area contributed by atoms with E-state index in [4.69, 9.17) is 15.6 Å². The van der Waals surface area contributed by atoms with Crippen LogP contribution in [0.3, 0.4) is 0 Å². The predicted octanol–water partition coefficient (Wildman–Crippen LogP) is 4.46. The second kappa shape index (κ2) is 12.6. The number of carboxylic acids is 1. The Labute approximate surface area is 200 Å². The van der Waals surface area contributed by atoms with E-state index in [1.807, 2.05) is 74.9 Å². The lowest BCUT2D eigenvalue weighted by Gasteiger charge is -2.20. The summed E-state index contributed by atoms with van der Waals surface area (Å²) < 4.78 is 7.43. The number of primary amides is 1. The summed E-state index contributed by atoms with van der Waals surface area (Å²) in [4.78, 5) is 35.1. The number of fused-ring (bicyclic) bond motifs is 3. The zero-order valence-corrected chi connectivity index (χ0v) is 20.4. The van der Waals surface area contributed by atoms with E-state index in [0.717, 1.165) is 42.3 Å². The van der Waals surface area contributed by atoms with Crippen LogP contribution in [0.4, 0.5) is 0 Å². The summed E-state index contributed by atoms with van der Waals surface area (Å²) in [6.45, 7) is 5.38. The van der Waals surface area contributed by atoms with E-state index >= 15 is 0 Å². The fraction of sp³-hybridized carbons (Fsp3) is 0.370. The normalized spacial score (nSPS) is 11.9. The number of carbonyl (C=O) groups excluding carboxylic acids is 2. The molecule has 0 bridgehead atoms. The molecule has 0 saturated heterocycles. The third kappa shape index (κ3) is 5.84. The first kappa shape index (κ1) is 26.6. The summed E-state index contributed by atoms with van der Waals surface area (Å²) in [6.07, 6.45) is 4.38. The minimum Gasteiger partial charge on any atom is -0.481 e. The minimum absolute atomic E-state index is 0.228. The maximum absolute atomic E-state index is 12.6. The Balaban J connectivity index is 0.000000437. The quantitative estimate of drug-likeness (QED) is 0.411. The third-order valence-electron chi connectivity index (χ3n) is 5.67. The van der Waals surface area contributed by atoms with Crippen LogP contribution < -0.4 is 10.5 Å². The summed E-state index contributed by atoms with van der Waals surface area (Å²) in [7, 11) is 1.86. The number of aromatic nitrogens is 1. The van der Waals surface area contributed by atoms with Crippen molar-refractivity contribution in [3.05, 3.63) is 64.8 Å². The molecule has 0 radical (unpaired) electrons. The molecule has 1 aliphatic carbocycles. The molecule has 3 aromatic rings. The van der Waals surface area contributed by atoms with Crippen molar-refractivity contribution in [2.24, 2.45) is 12.8 Å². The van der Waals surface area contributed by atoms with Crippen LogP contribution in [0.25, 0.3) is 10.9 Å². The largest absolute Gasteiger partial charge is 0.481 e. The van der Waals surface area contributed by atoms with E-state index in [-0.39, 0.29) is 5.56 Å². The van der Waals surface area contributed by atoms with E-state index in [2.05, 4.69) is 0 Å². The van der Waals surface area contributed by atoms with Crippen LogP contribution in [0.5, 0.6) is 5.75 Å². The third-order valence-corrected chi connectivity index (χ3v) is 5.67. The number of rotatable bonds is 6. The Morgan fingerprint density at radius 3 is 2.09 bits per heavy atom. The van der Waals surface area contributed by atoms with Crippen molar-refractivity contribution in [1.82, 2.24) is 4.57 Å². The highest BCUT2D eigenvalue weighted by Crippen LogP contribution is 2.40. The van der Waals surface area contributed by atoms with Crippen molar-refractivity contribution >= 4 is 28.6 Å². The first-order valence-electron chi connectivity index (χ1n) is 11.7. The number of amides is 1. The fourth-order valence-corrected chi connectivity index (χ4v) is 4.34. The first-order valence-corrected chi connectivity index (χ1v) is 11.7. The SMILES string of the molecule is CC.CCc1c(C(=O)C(N)=O)c2c(OCC(=O)O)cc3c(c2n1C)CCCC3.c1ccccc1. The number of aliphatic carboxylic acids is 1. The monoisotopic (exact) mass is 466 g/mol. The molecule has 0 spiro atoms. The Morgan fingerprint density at radius 2 is 1.59 bits per heavy atom. The molecule has 2 aromatic carbocycles. The number of Topliss-reactive ketones (excluding diaryl/α,β-unsaturated/α-hetero) is 1. The van der Waals surface area contributed by atoms with Gasteiger partial charge in [0.15, 0.2) is 6.61 Å². The number of nitrogens with two attached hydrogens (primary N) is 1. The molecule has 34 heavy (non-hydrogen) atoms. The number of ether oxygens (including phenoxy) is 1. The van der Waals surface area contributed by atoms with Gasteiger partial charge in [-0.15, -0.1) is 0 Å². The number of benzene rings is 2. The van der Waals surface area contributed by atoms with E-state index in [0.29, 0.717) is 23.3 Å². The van der Waals surface area contributed by atoms with Crippen LogP contribution in [0, 0.1) is 0 Å². The average Bonchev–Trinajstić information content (AvgIpc) is 3.17.